The minimum atomic E-state index is -0.390. The molecule has 86 valence electrons. The van der Waals surface area contributed by atoms with Crippen molar-refractivity contribution >= 4 is 5.91 Å². The van der Waals surface area contributed by atoms with Crippen LogP contribution in [0.5, 0.6) is 0 Å². The zero-order valence-electron chi connectivity index (χ0n) is 9.07. The van der Waals surface area contributed by atoms with Gasteiger partial charge in [-0.05, 0) is 6.92 Å². The van der Waals surface area contributed by atoms with Crippen LogP contribution in [0, 0.1) is 0 Å². The molecule has 5 heteroatoms. The van der Waals surface area contributed by atoms with E-state index in [1.165, 1.54) is 0 Å². The Morgan fingerprint density at radius 1 is 1.47 bits per heavy atom. The van der Waals surface area contributed by atoms with Crippen LogP contribution in [0.15, 0.2) is 0 Å². The van der Waals surface area contributed by atoms with Gasteiger partial charge in [0.2, 0.25) is 0 Å². The van der Waals surface area contributed by atoms with Crippen LogP contribution in [0.1, 0.15) is 6.92 Å². The van der Waals surface area contributed by atoms with Gasteiger partial charge >= 0.3 is 0 Å². The summed E-state index contributed by atoms with van der Waals surface area (Å²) >= 11 is 0. The smallest absolute Gasteiger partial charge is 0.254 e. The molecule has 0 bridgehead atoms. The quantitative estimate of drug-likeness (QED) is 0.622. The molecular weight excluding hydrogens is 196 g/mol. The predicted octanol–water partition coefficient (Wildman–Crippen LogP) is -0.778. The van der Waals surface area contributed by atoms with Gasteiger partial charge in [0.25, 0.3) is 5.91 Å². The van der Waals surface area contributed by atoms with Gasteiger partial charge < -0.3 is 19.7 Å². The fraction of sp³-hybridized carbons (Fsp3) is 0.900. The second-order valence-electron chi connectivity index (χ2n) is 4.02. The minimum absolute atomic E-state index is 0.0729. The topological polar surface area (TPSA) is 50.8 Å². The van der Waals surface area contributed by atoms with Crippen LogP contribution in [-0.4, -0.2) is 62.4 Å². The van der Waals surface area contributed by atoms with Gasteiger partial charge in [0.1, 0.15) is 0 Å². The number of nitrogens with one attached hydrogen (secondary N) is 1. The molecule has 0 aromatic heterocycles. The second-order valence-corrected chi connectivity index (χ2v) is 4.02. The molecule has 0 spiro atoms. The number of rotatable bonds is 1. The first kappa shape index (κ1) is 10.9. The fourth-order valence-electron chi connectivity index (χ4n) is 1.98. The molecule has 5 nitrogen and oxygen atoms in total. The molecule has 0 aromatic rings. The lowest BCUT2D eigenvalue weighted by atomic mass is 10.2. The van der Waals surface area contributed by atoms with Crippen LogP contribution >= 0.6 is 0 Å². The van der Waals surface area contributed by atoms with E-state index in [9.17, 15) is 4.79 Å². The summed E-state index contributed by atoms with van der Waals surface area (Å²) in [5, 5.41) is 3.26. The standard InChI is InChI=1S/C10H18N2O3/c1-8-6-11-2-3-12(8)10(13)9-7-14-4-5-15-9/h8-9,11H,2-7H2,1H3. The lowest BCUT2D eigenvalue weighted by Gasteiger charge is -2.36. The largest absolute Gasteiger partial charge is 0.376 e. The number of hydrogen-bond acceptors (Lipinski definition) is 4. The van der Waals surface area contributed by atoms with Gasteiger partial charge in [-0.3, -0.25) is 4.79 Å². The summed E-state index contributed by atoms with van der Waals surface area (Å²) in [5.41, 5.74) is 0. The third-order valence-electron chi connectivity index (χ3n) is 2.88. The fourth-order valence-corrected chi connectivity index (χ4v) is 1.98. The molecule has 1 amide bonds. The van der Waals surface area contributed by atoms with E-state index in [4.69, 9.17) is 9.47 Å². The van der Waals surface area contributed by atoms with Gasteiger partial charge in [-0.25, -0.2) is 0 Å². The van der Waals surface area contributed by atoms with E-state index >= 15 is 0 Å². The van der Waals surface area contributed by atoms with Crippen molar-refractivity contribution in [3.8, 4) is 0 Å². The SMILES string of the molecule is CC1CNCCN1C(=O)C1COCCO1. The molecule has 0 aliphatic carbocycles. The molecule has 2 atom stereocenters. The zero-order chi connectivity index (χ0) is 10.7. The lowest BCUT2D eigenvalue weighted by Crippen LogP contribution is -2.56. The molecule has 15 heavy (non-hydrogen) atoms. The molecule has 2 unspecified atom stereocenters. The molecule has 2 heterocycles. The summed E-state index contributed by atoms with van der Waals surface area (Å²) < 4.78 is 10.6. The van der Waals surface area contributed by atoms with E-state index in [0.29, 0.717) is 19.8 Å². The molecular formula is C10H18N2O3. The molecule has 0 saturated carbocycles. The second kappa shape index (κ2) is 4.92. The summed E-state index contributed by atoms with van der Waals surface area (Å²) in [6.07, 6.45) is -0.390. The van der Waals surface area contributed by atoms with Crippen molar-refractivity contribution in [2.75, 3.05) is 39.5 Å². The van der Waals surface area contributed by atoms with Crippen LogP contribution in [-0.2, 0) is 14.3 Å². The Labute approximate surface area is 89.7 Å². The Bertz CT molecular complexity index is 229. The first-order valence-corrected chi connectivity index (χ1v) is 5.49. The molecule has 1 N–H and O–H groups in total. The highest BCUT2D eigenvalue weighted by Crippen LogP contribution is 2.10. The Kier molecular flexibility index (Phi) is 3.56. The van der Waals surface area contributed by atoms with E-state index in [1.807, 2.05) is 11.8 Å². The normalized spacial score (nSPS) is 32.7. The monoisotopic (exact) mass is 214 g/mol. The highest BCUT2D eigenvalue weighted by molar-refractivity contribution is 5.81. The minimum Gasteiger partial charge on any atom is -0.376 e. The first-order valence-electron chi connectivity index (χ1n) is 5.49. The average molecular weight is 214 g/mol. The van der Waals surface area contributed by atoms with Crippen LogP contribution in [0.3, 0.4) is 0 Å². The molecule has 2 rings (SSSR count). The number of piperazine rings is 1. The summed E-state index contributed by atoms with van der Waals surface area (Å²) in [6, 6.07) is 0.247. The maximum Gasteiger partial charge on any atom is 0.254 e. The van der Waals surface area contributed by atoms with Crippen molar-refractivity contribution in [1.82, 2.24) is 10.2 Å². The number of carbonyl (C=O) groups excluding carboxylic acids is 1. The number of hydrogen-bond donors (Lipinski definition) is 1. The van der Waals surface area contributed by atoms with Gasteiger partial charge in [0.05, 0.1) is 19.8 Å². The Hall–Kier alpha value is -0.650. The highest BCUT2D eigenvalue weighted by Gasteiger charge is 2.31. The van der Waals surface area contributed by atoms with Crippen LogP contribution in [0.2, 0.25) is 0 Å². The van der Waals surface area contributed by atoms with Gasteiger partial charge in [-0.2, -0.15) is 0 Å². The van der Waals surface area contributed by atoms with Crippen molar-refractivity contribution in [3.63, 3.8) is 0 Å². The van der Waals surface area contributed by atoms with Crippen LogP contribution < -0.4 is 5.32 Å². The summed E-state index contributed by atoms with van der Waals surface area (Å²) in [7, 11) is 0. The van der Waals surface area contributed by atoms with Crippen molar-refractivity contribution < 1.29 is 14.3 Å². The van der Waals surface area contributed by atoms with Gasteiger partial charge in [0, 0.05) is 25.7 Å². The molecule has 2 aliphatic heterocycles. The van der Waals surface area contributed by atoms with Gasteiger partial charge in [-0.15, -0.1) is 0 Å². The summed E-state index contributed by atoms with van der Waals surface area (Å²) in [5.74, 6) is 0.0729. The van der Waals surface area contributed by atoms with Crippen LogP contribution in [0.4, 0.5) is 0 Å². The third kappa shape index (κ3) is 2.48. The van der Waals surface area contributed by atoms with E-state index in [0.717, 1.165) is 19.6 Å². The van der Waals surface area contributed by atoms with Crippen molar-refractivity contribution in [2.24, 2.45) is 0 Å². The van der Waals surface area contributed by atoms with Crippen molar-refractivity contribution in [3.05, 3.63) is 0 Å². The van der Waals surface area contributed by atoms with Crippen molar-refractivity contribution in [2.45, 2.75) is 19.1 Å². The maximum atomic E-state index is 12.1. The molecule has 2 aliphatic rings. The number of ether oxygens (including phenoxy) is 2. The number of nitrogens with zero attached hydrogens (tertiary/aromatic N) is 1. The van der Waals surface area contributed by atoms with Crippen LogP contribution in [0.25, 0.3) is 0 Å². The number of carbonyl (C=O) groups is 1. The zero-order valence-corrected chi connectivity index (χ0v) is 9.07. The number of amides is 1. The molecule has 2 saturated heterocycles. The third-order valence-corrected chi connectivity index (χ3v) is 2.88. The lowest BCUT2D eigenvalue weighted by molar-refractivity contribution is -0.160. The van der Waals surface area contributed by atoms with E-state index < -0.39 is 0 Å². The van der Waals surface area contributed by atoms with E-state index in [2.05, 4.69) is 5.32 Å². The summed E-state index contributed by atoms with van der Waals surface area (Å²) in [4.78, 5) is 13.9. The van der Waals surface area contributed by atoms with E-state index in [1.54, 1.807) is 0 Å². The predicted molar refractivity (Wildman–Crippen MR) is 54.6 cm³/mol. The Morgan fingerprint density at radius 2 is 2.33 bits per heavy atom. The Balaban J connectivity index is 1.92. The molecule has 2 fully saturated rings. The van der Waals surface area contributed by atoms with Crippen molar-refractivity contribution in [1.29, 1.82) is 0 Å². The highest BCUT2D eigenvalue weighted by atomic mass is 16.6. The average Bonchev–Trinajstić information content (AvgIpc) is 2.30. The summed E-state index contributed by atoms with van der Waals surface area (Å²) in [6.45, 7) is 6.06. The molecule has 0 aromatic carbocycles. The Morgan fingerprint density at radius 3 is 3.00 bits per heavy atom. The first-order chi connectivity index (χ1) is 7.29. The van der Waals surface area contributed by atoms with E-state index in [-0.39, 0.29) is 18.1 Å². The van der Waals surface area contributed by atoms with Gasteiger partial charge in [-0.1, -0.05) is 0 Å². The maximum absolute atomic E-state index is 12.1. The van der Waals surface area contributed by atoms with Gasteiger partial charge in [0.15, 0.2) is 6.10 Å². The molecule has 0 radical (unpaired) electrons.